The number of H-pyrrole nitrogens is 1. The molecular weight excluding hydrogens is 256 g/mol. The standard InChI is InChI=1S/C14H14N4O2/c1-17-13(19)7-11(15-17)9-3-5-10(6-4-9)12-8-14(20)18(2)16-12/h3-7,15H,8H2,1-2H3. The monoisotopic (exact) mass is 270 g/mol. The van der Waals surface area contributed by atoms with Gasteiger partial charge in [-0.15, -0.1) is 0 Å². The van der Waals surface area contributed by atoms with Crippen molar-refractivity contribution in [1.29, 1.82) is 0 Å². The first-order chi connectivity index (χ1) is 9.54. The number of hydrogen-bond acceptors (Lipinski definition) is 3. The Morgan fingerprint density at radius 2 is 1.75 bits per heavy atom. The highest BCUT2D eigenvalue weighted by molar-refractivity contribution is 6.13. The van der Waals surface area contributed by atoms with Gasteiger partial charge in [0.25, 0.3) is 5.56 Å². The van der Waals surface area contributed by atoms with Crippen LogP contribution in [-0.4, -0.2) is 33.5 Å². The van der Waals surface area contributed by atoms with Crippen LogP contribution in [0.1, 0.15) is 12.0 Å². The van der Waals surface area contributed by atoms with E-state index in [1.54, 1.807) is 20.2 Å². The van der Waals surface area contributed by atoms with Gasteiger partial charge in [0.2, 0.25) is 5.91 Å². The molecule has 2 aromatic rings. The summed E-state index contributed by atoms with van der Waals surface area (Å²) in [4.78, 5) is 22.9. The quantitative estimate of drug-likeness (QED) is 0.882. The Morgan fingerprint density at radius 1 is 1.10 bits per heavy atom. The maximum atomic E-state index is 11.5. The highest BCUT2D eigenvalue weighted by Gasteiger charge is 2.21. The van der Waals surface area contributed by atoms with Gasteiger partial charge in [-0.05, 0) is 11.1 Å². The largest absolute Gasteiger partial charge is 0.295 e. The molecule has 3 rings (SSSR count). The van der Waals surface area contributed by atoms with E-state index in [1.807, 2.05) is 24.3 Å². The van der Waals surface area contributed by atoms with Gasteiger partial charge in [-0.3, -0.25) is 19.4 Å². The zero-order valence-corrected chi connectivity index (χ0v) is 11.3. The number of hydrazone groups is 1. The van der Waals surface area contributed by atoms with Crippen molar-refractivity contribution >= 4 is 11.6 Å². The van der Waals surface area contributed by atoms with Crippen LogP contribution in [0.25, 0.3) is 11.3 Å². The summed E-state index contributed by atoms with van der Waals surface area (Å²) >= 11 is 0. The Hall–Kier alpha value is -2.63. The average Bonchev–Trinajstić information content (AvgIpc) is 2.94. The van der Waals surface area contributed by atoms with Crippen molar-refractivity contribution in [2.75, 3.05) is 7.05 Å². The summed E-state index contributed by atoms with van der Waals surface area (Å²) in [6, 6.07) is 9.19. The van der Waals surface area contributed by atoms with E-state index in [-0.39, 0.29) is 11.5 Å². The number of nitrogens with zero attached hydrogens (tertiary/aromatic N) is 3. The third-order valence-corrected chi connectivity index (χ3v) is 3.37. The van der Waals surface area contributed by atoms with Crippen molar-refractivity contribution in [2.45, 2.75) is 6.42 Å². The van der Waals surface area contributed by atoms with Gasteiger partial charge in [0, 0.05) is 20.2 Å². The number of benzene rings is 1. The third kappa shape index (κ3) is 2.05. The number of carbonyl (C=O) groups is 1. The first-order valence-electron chi connectivity index (χ1n) is 6.25. The van der Waals surface area contributed by atoms with Crippen LogP contribution in [0.15, 0.2) is 40.2 Å². The van der Waals surface area contributed by atoms with Crippen LogP contribution in [0.3, 0.4) is 0 Å². The second-order valence-electron chi connectivity index (χ2n) is 4.79. The molecule has 2 heterocycles. The molecule has 6 nitrogen and oxygen atoms in total. The van der Waals surface area contributed by atoms with Crippen molar-refractivity contribution in [3.05, 3.63) is 46.2 Å². The van der Waals surface area contributed by atoms with Crippen LogP contribution in [0.2, 0.25) is 0 Å². The number of aromatic nitrogens is 2. The number of rotatable bonds is 2. The van der Waals surface area contributed by atoms with Crippen molar-refractivity contribution in [3.8, 4) is 11.3 Å². The second-order valence-corrected chi connectivity index (χ2v) is 4.79. The lowest BCUT2D eigenvalue weighted by Crippen LogP contribution is -2.14. The number of nitrogens with one attached hydrogen (secondary N) is 1. The van der Waals surface area contributed by atoms with Crippen molar-refractivity contribution < 1.29 is 4.79 Å². The minimum Gasteiger partial charge on any atom is -0.295 e. The molecular formula is C14H14N4O2. The second kappa shape index (κ2) is 4.48. The lowest BCUT2D eigenvalue weighted by atomic mass is 10.0. The summed E-state index contributed by atoms with van der Waals surface area (Å²) in [6.07, 6.45) is 0.331. The van der Waals surface area contributed by atoms with Crippen molar-refractivity contribution in [3.63, 3.8) is 0 Å². The molecule has 1 aliphatic rings. The van der Waals surface area contributed by atoms with Gasteiger partial charge in [-0.25, -0.2) is 5.01 Å². The highest BCUT2D eigenvalue weighted by Crippen LogP contribution is 2.19. The van der Waals surface area contributed by atoms with Crippen LogP contribution >= 0.6 is 0 Å². The molecule has 0 aliphatic carbocycles. The fourth-order valence-electron chi connectivity index (χ4n) is 2.17. The van der Waals surface area contributed by atoms with Gasteiger partial charge in [0.15, 0.2) is 0 Å². The maximum Gasteiger partial charge on any atom is 0.266 e. The fraction of sp³-hybridized carbons (Fsp3) is 0.214. The van der Waals surface area contributed by atoms with Crippen molar-refractivity contribution in [1.82, 2.24) is 14.8 Å². The van der Waals surface area contributed by atoms with E-state index >= 15 is 0 Å². The highest BCUT2D eigenvalue weighted by atomic mass is 16.2. The normalized spacial score (nSPS) is 14.8. The fourth-order valence-corrected chi connectivity index (χ4v) is 2.17. The summed E-state index contributed by atoms with van der Waals surface area (Å²) in [5.74, 6) is -0.00327. The average molecular weight is 270 g/mol. The number of aromatic amines is 1. The molecule has 6 heteroatoms. The van der Waals surface area contributed by atoms with Gasteiger partial charge < -0.3 is 0 Å². The molecule has 1 amide bonds. The zero-order chi connectivity index (χ0) is 14.3. The van der Waals surface area contributed by atoms with E-state index in [4.69, 9.17) is 0 Å². The number of amides is 1. The van der Waals surface area contributed by atoms with Crippen LogP contribution in [0.4, 0.5) is 0 Å². The predicted molar refractivity (Wildman–Crippen MR) is 75.4 cm³/mol. The lowest BCUT2D eigenvalue weighted by Gasteiger charge is -2.02. The van der Waals surface area contributed by atoms with Gasteiger partial charge in [0.1, 0.15) is 0 Å². The molecule has 1 N–H and O–H groups in total. The number of carbonyl (C=O) groups excluding carboxylic acids is 1. The molecule has 1 aromatic carbocycles. The molecule has 0 spiro atoms. The van der Waals surface area contributed by atoms with Gasteiger partial charge in [-0.2, -0.15) is 5.10 Å². The molecule has 0 unspecified atom stereocenters. The lowest BCUT2D eigenvalue weighted by molar-refractivity contribution is -0.127. The smallest absolute Gasteiger partial charge is 0.266 e. The van der Waals surface area contributed by atoms with E-state index in [0.29, 0.717) is 6.42 Å². The summed E-state index contributed by atoms with van der Waals surface area (Å²) in [6.45, 7) is 0. The van der Waals surface area contributed by atoms with Crippen LogP contribution in [0.5, 0.6) is 0 Å². The molecule has 0 radical (unpaired) electrons. The topological polar surface area (TPSA) is 70.5 Å². The zero-order valence-electron chi connectivity index (χ0n) is 11.3. The van der Waals surface area contributed by atoms with Gasteiger partial charge >= 0.3 is 0 Å². The van der Waals surface area contributed by atoms with Crippen molar-refractivity contribution in [2.24, 2.45) is 12.1 Å². The number of aryl methyl sites for hydroxylation is 1. The Labute approximate surface area is 115 Å². The molecule has 0 saturated carbocycles. The first kappa shape index (κ1) is 12.4. The molecule has 0 fully saturated rings. The third-order valence-electron chi connectivity index (χ3n) is 3.37. The number of hydrogen-bond donors (Lipinski definition) is 1. The Bertz CT molecular complexity index is 752. The minimum atomic E-state index is -0.0727. The van der Waals surface area contributed by atoms with Crippen LogP contribution < -0.4 is 5.56 Å². The summed E-state index contributed by atoms with van der Waals surface area (Å²) < 4.78 is 1.43. The SMILES string of the molecule is CN1N=C(c2ccc(-c3cc(=O)n(C)[nH]3)cc2)CC1=O. The van der Waals surface area contributed by atoms with Gasteiger partial charge in [0.05, 0.1) is 17.8 Å². The first-order valence-corrected chi connectivity index (χ1v) is 6.25. The summed E-state index contributed by atoms with van der Waals surface area (Å²) in [5, 5.41) is 8.53. The summed E-state index contributed by atoms with van der Waals surface area (Å²) in [7, 11) is 3.33. The van der Waals surface area contributed by atoms with E-state index < -0.39 is 0 Å². The van der Waals surface area contributed by atoms with Crippen LogP contribution in [0, 0.1) is 0 Å². The molecule has 1 aliphatic heterocycles. The molecule has 0 bridgehead atoms. The summed E-state index contributed by atoms with van der Waals surface area (Å²) in [5.41, 5.74) is 3.31. The van der Waals surface area contributed by atoms with E-state index in [2.05, 4.69) is 10.2 Å². The van der Waals surface area contributed by atoms with E-state index in [0.717, 1.165) is 22.5 Å². The Balaban J connectivity index is 1.90. The molecule has 20 heavy (non-hydrogen) atoms. The van der Waals surface area contributed by atoms with E-state index in [9.17, 15) is 9.59 Å². The Kier molecular flexibility index (Phi) is 2.78. The van der Waals surface area contributed by atoms with Gasteiger partial charge in [-0.1, -0.05) is 24.3 Å². The molecule has 102 valence electrons. The molecule has 0 saturated heterocycles. The Morgan fingerprint density at radius 3 is 2.25 bits per heavy atom. The predicted octanol–water partition coefficient (Wildman–Crippen LogP) is 0.947. The minimum absolute atomic E-state index is 0.00327. The molecule has 0 atom stereocenters. The van der Waals surface area contributed by atoms with Crippen LogP contribution in [-0.2, 0) is 11.8 Å². The molecule has 1 aromatic heterocycles. The van der Waals surface area contributed by atoms with E-state index in [1.165, 1.54) is 9.69 Å². The maximum absolute atomic E-state index is 11.5.